The van der Waals surface area contributed by atoms with Gasteiger partial charge >= 0.3 is 0 Å². The van der Waals surface area contributed by atoms with E-state index in [0.717, 1.165) is 20.3 Å². The fraction of sp³-hybridized carbons (Fsp3) is 0.200. The SMILES string of the molecule is CNC(c1cc(Br)ccc1I)c1cc(Br)ccc1OC. The zero-order valence-electron chi connectivity index (χ0n) is 11.1. The van der Waals surface area contributed by atoms with Gasteiger partial charge in [-0.05, 0) is 71.6 Å². The first-order valence-electron chi connectivity index (χ1n) is 6.02. The molecule has 0 aliphatic carbocycles. The summed E-state index contributed by atoms with van der Waals surface area (Å²) in [5, 5.41) is 3.38. The highest BCUT2D eigenvalue weighted by Crippen LogP contribution is 2.35. The van der Waals surface area contributed by atoms with Gasteiger partial charge in [-0.25, -0.2) is 0 Å². The lowest BCUT2D eigenvalue weighted by Crippen LogP contribution is -2.19. The van der Waals surface area contributed by atoms with Gasteiger partial charge in [0.1, 0.15) is 5.75 Å². The van der Waals surface area contributed by atoms with E-state index in [1.165, 1.54) is 9.13 Å². The van der Waals surface area contributed by atoms with Gasteiger partial charge in [0.05, 0.1) is 13.2 Å². The number of ether oxygens (including phenoxy) is 1. The first kappa shape index (κ1) is 16.3. The summed E-state index contributed by atoms with van der Waals surface area (Å²) in [5.74, 6) is 0.878. The Morgan fingerprint density at radius 3 is 2.25 bits per heavy atom. The highest BCUT2D eigenvalue weighted by atomic mass is 127. The van der Waals surface area contributed by atoms with Crippen molar-refractivity contribution in [1.82, 2.24) is 5.32 Å². The second kappa shape index (κ2) is 7.24. The maximum Gasteiger partial charge on any atom is 0.124 e. The van der Waals surface area contributed by atoms with E-state index in [9.17, 15) is 0 Å². The van der Waals surface area contributed by atoms with E-state index in [-0.39, 0.29) is 6.04 Å². The van der Waals surface area contributed by atoms with Crippen LogP contribution in [0.3, 0.4) is 0 Å². The predicted octanol–water partition coefficient (Wildman–Crippen LogP) is 5.13. The number of nitrogens with one attached hydrogen (secondary N) is 1. The lowest BCUT2D eigenvalue weighted by Gasteiger charge is -2.21. The smallest absolute Gasteiger partial charge is 0.124 e. The van der Waals surface area contributed by atoms with Crippen LogP contribution in [0.2, 0.25) is 0 Å². The predicted molar refractivity (Wildman–Crippen MR) is 98.5 cm³/mol. The van der Waals surface area contributed by atoms with Crippen molar-refractivity contribution < 1.29 is 4.74 Å². The third kappa shape index (κ3) is 3.55. The Morgan fingerprint density at radius 2 is 1.65 bits per heavy atom. The van der Waals surface area contributed by atoms with Gasteiger partial charge in [0.2, 0.25) is 0 Å². The molecule has 0 aliphatic heterocycles. The van der Waals surface area contributed by atoms with E-state index in [0.29, 0.717) is 0 Å². The van der Waals surface area contributed by atoms with Crippen LogP contribution < -0.4 is 10.1 Å². The standard InChI is InChI=1S/C15H14Br2INO/c1-19-15(11-7-9(16)3-5-13(11)18)12-8-10(17)4-6-14(12)20-2/h3-8,15,19H,1-2H3. The van der Waals surface area contributed by atoms with Crippen molar-refractivity contribution in [2.24, 2.45) is 0 Å². The van der Waals surface area contributed by atoms with Crippen molar-refractivity contribution in [2.75, 3.05) is 14.2 Å². The molecular formula is C15H14Br2INO. The van der Waals surface area contributed by atoms with Gasteiger partial charge in [-0.2, -0.15) is 0 Å². The van der Waals surface area contributed by atoms with Gasteiger partial charge < -0.3 is 10.1 Å². The van der Waals surface area contributed by atoms with E-state index >= 15 is 0 Å². The molecule has 0 saturated carbocycles. The fourth-order valence-corrected chi connectivity index (χ4v) is 3.55. The Hall–Kier alpha value is -0.110. The third-order valence-electron chi connectivity index (χ3n) is 3.06. The summed E-state index contributed by atoms with van der Waals surface area (Å²) in [6, 6.07) is 12.4. The zero-order valence-corrected chi connectivity index (χ0v) is 16.4. The maximum atomic E-state index is 5.50. The molecule has 1 N–H and O–H groups in total. The van der Waals surface area contributed by atoms with E-state index in [2.05, 4.69) is 84.0 Å². The zero-order chi connectivity index (χ0) is 14.7. The summed E-state index contributed by atoms with van der Waals surface area (Å²) in [6.45, 7) is 0. The molecule has 2 aromatic carbocycles. The molecule has 0 saturated heterocycles. The summed E-state index contributed by atoms with van der Waals surface area (Å²) >= 11 is 9.44. The van der Waals surface area contributed by atoms with E-state index in [4.69, 9.17) is 4.74 Å². The van der Waals surface area contributed by atoms with E-state index in [1.54, 1.807) is 7.11 Å². The van der Waals surface area contributed by atoms with Crippen molar-refractivity contribution in [3.8, 4) is 5.75 Å². The van der Waals surface area contributed by atoms with Crippen LogP contribution in [0.1, 0.15) is 17.2 Å². The first-order chi connectivity index (χ1) is 9.56. The molecule has 0 aromatic heterocycles. The van der Waals surface area contributed by atoms with Gasteiger partial charge in [-0.15, -0.1) is 0 Å². The quantitative estimate of drug-likeness (QED) is 0.576. The monoisotopic (exact) mass is 509 g/mol. The normalized spacial score (nSPS) is 12.2. The molecule has 0 bridgehead atoms. The van der Waals surface area contributed by atoms with Crippen molar-refractivity contribution in [1.29, 1.82) is 0 Å². The van der Waals surface area contributed by atoms with Crippen molar-refractivity contribution in [3.05, 3.63) is 60.0 Å². The highest BCUT2D eigenvalue weighted by Gasteiger charge is 2.19. The molecule has 20 heavy (non-hydrogen) atoms. The van der Waals surface area contributed by atoms with Crippen LogP contribution in [0.4, 0.5) is 0 Å². The molecule has 106 valence electrons. The van der Waals surface area contributed by atoms with Gasteiger partial charge in [0, 0.05) is 18.1 Å². The van der Waals surface area contributed by atoms with Gasteiger partial charge in [0.15, 0.2) is 0 Å². The summed E-state index contributed by atoms with van der Waals surface area (Å²) < 4.78 is 8.83. The summed E-state index contributed by atoms with van der Waals surface area (Å²) in [7, 11) is 3.66. The lowest BCUT2D eigenvalue weighted by atomic mass is 9.98. The molecule has 1 unspecified atom stereocenters. The Balaban J connectivity index is 2.57. The van der Waals surface area contributed by atoms with Crippen LogP contribution in [0.5, 0.6) is 5.75 Å². The molecule has 0 aliphatic rings. The summed E-state index contributed by atoms with van der Waals surface area (Å²) in [5.41, 5.74) is 2.33. The topological polar surface area (TPSA) is 21.3 Å². The molecule has 0 radical (unpaired) electrons. The lowest BCUT2D eigenvalue weighted by molar-refractivity contribution is 0.405. The Bertz CT molecular complexity index is 619. The molecule has 0 heterocycles. The summed E-state index contributed by atoms with van der Waals surface area (Å²) in [6.07, 6.45) is 0. The van der Waals surface area contributed by atoms with Crippen molar-refractivity contribution in [3.63, 3.8) is 0 Å². The van der Waals surface area contributed by atoms with E-state index in [1.807, 2.05) is 19.2 Å². The average molecular weight is 511 g/mol. The molecule has 5 heteroatoms. The van der Waals surface area contributed by atoms with Crippen LogP contribution in [0.15, 0.2) is 45.3 Å². The van der Waals surface area contributed by atoms with Crippen LogP contribution in [0, 0.1) is 3.57 Å². The Kier molecular flexibility index (Phi) is 5.89. The molecule has 0 spiro atoms. The maximum absolute atomic E-state index is 5.50. The number of rotatable bonds is 4. The van der Waals surface area contributed by atoms with Gasteiger partial charge in [-0.1, -0.05) is 31.9 Å². The number of methoxy groups -OCH3 is 1. The average Bonchev–Trinajstić information content (AvgIpc) is 2.44. The second-order valence-corrected chi connectivity index (χ2v) is 7.27. The third-order valence-corrected chi connectivity index (χ3v) is 5.03. The van der Waals surface area contributed by atoms with Crippen LogP contribution >= 0.6 is 54.5 Å². The Labute approximate surface area is 149 Å². The van der Waals surface area contributed by atoms with Crippen LogP contribution in [-0.2, 0) is 0 Å². The largest absolute Gasteiger partial charge is 0.496 e. The number of halogens is 3. The first-order valence-corrected chi connectivity index (χ1v) is 8.69. The van der Waals surface area contributed by atoms with E-state index < -0.39 is 0 Å². The number of benzene rings is 2. The summed E-state index contributed by atoms with van der Waals surface area (Å²) in [4.78, 5) is 0. The molecule has 0 amide bonds. The van der Waals surface area contributed by atoms with Crippen molar-refractivity contribution >= 4 is 54.5 Å². The molecule has 2 nitrogen and oxygen atoms in total. The molecule has 2 rings (SSSR count). The number of hydrogen-bond acceptors (Lipinski definition) is 2. The molecule has 2 aromatic rings. The highest BCUT2D eigenvalue weighted by molar-refractivity contribution is 14.1. The number of hydrogen-bond donors (Lipinski definition) is 1. The Morgan fingerprint density at radius 1 is 1.05 bits per heavy atom. The molecule has 0 fully saturated rings. The minimum Gasteiger partial charge on any atom is -0.496 e. The van der Waals surface area contributed by atoms with Gasteiger partial charge in [-0.3, -0.25) is 0 Å². The minimum atomic E-state index is 0.0758. The van der Waals surface area contributed by atoms with Crippen molar-refractivity contribution in [2.45, 2.75) is 6.04 Å². The van der Waals surface area contributed by atoms with Crippen LogP contribution in [-0.4, -0.2) is 14.2 Å². The van der Waals surface area contributed by atoms with Gasteiger partial charge in [0.25, 0.3) is 0 Å². The molecular weight excluding hydrogens is 497 g/mol. The second-order valence-electron chi connectivity index (χ2n) is 4.27. The minimum absolute atomic E-state index is 0.0758. The fourth-order valence-electron chi connectivity index (χ4n) is 2.15. The molecule has 1 atom stereocenters. The van der Waals surface area contributed by atoms with Crippen LogP contribution in [0.25, 0.3) is 0 Å².